The maximum atomic E-state index is 12.6. The molecule has 1 aliphatic rings. The Morgan fingerprint density at radius 2 is 2.09 bits per heavy atom. The first-order valence-corrected chi connectivity index (χ1v) is 8.86. The van der Waals surface area contributed by atoms with E-state index in [2.05, 4.69) is 4.72 Å². The van der Waals surface area contributed by atoms with E-state index in [4.69, 9.17) is 5.11 Å². The van der Waals surface area contributed by atoms with E-state index in [9.17, 15) is 13.2 Å². The van der Waals surface area contributed by atoms with Crippen molar-refractivity contribution in [2.75, 3.05) is 0 Å². The van der Waals surface area contributed by atoms with Gasteiger partial charge in [0.25, 0.3) is 0 Å². The van der Waals surface area contributed by atoms with Crippen LogP contribution in [-0.4, -0.2) is 24.1 Å². The van der Waals surface area contributed by atoms with Crippen molar-refractivity contribution < 1.29 is 18.3 Å². The largest absolute Gasteiger partial charge is 0.477 e. The molecule has 7 heteroatoms. The molecule has 122 valence electrons. The summed E-state index contributed by atoms with van der Waals surface area (Å²) >= 11 is 0. The molecule has 6 nitrogen and oxygen atoms in total. The third-order valence-electron chi connectivity index (χ3n) is 4.18. The van der Waals surface area contributed by atoms with Gasteiger partial charge in [-0.3, -0.25) is 0 Å². The topological polar surface area (TPSA) is 88.4 Å². The molecule has 0 spiro atoms. The minimum atomic E-state index is -3.77. The van der Waals surface area contributed by atoms with E-state index in [-0.39, 0.29) is 16.6 Å². The number of nitrogens with one attached hydrogen (secondary N) is 1. The monoisotopic (exact) mass is 334 g/mol. The van der Waals surface area contributed by atoms with Crippen molar-refractivity contribution in [1.29, 1.82) is 0 Å². The SMILES string of the molecule is Cn1cc(S(=O)(=O)NC2CCCc3ccccc32)cc1C(=O)O. The van der Waals surface area contributed by atoms with Crippen LogP contribution in [0, 0.1) is 0 Å². The lowest BCUT2D eigenvalue weighted by molar-refractivity contribution is 0.0686. The molecule has 0 amide bonds. The summed E-state index contributed by atoms with van der Waals surface area (Å²) in [5, 5.41) is 9.06. The second kappa shape index (κ2) is 5.82. The molecule has 1 aromatic heterocycles. The molecule has 23 heavy (non-hydrogen) atoms. The number of carboxylic acids is 1. The Kier molecular flexibility index (Phi) is 3.99. The molecule has 1 aromatic carbocycles. The fourth-order valence-electron chi connectivity index (χ4n) is 3.03. The second-order valence-electron chi connectivity index (χ2n) is 5.74. The predicted octanol–water partition coefficient (Wildman–Crippen LogP) is 2.08. The quantitative estimate of drug-likeness (QED) is 0.896. The number of aromatic carboxylic acids is 1. The van der Waals surface area contributed by atoms with Crippen LogP contribution in [0.25, 0.3) is 0 Å². The van der Waals surface area contributed by atoms with E-state index in [0.717, 1.165) is 30.4 Å². The number of carbonyl (C=O) groups is 1. The lowest BCUT2D eigenvalue weighted by atomic mass is 9.88. The first-order valence-electron chi connectivity index (χ1n) is 7.38. The third-order valence-corrected chi connectivity index (χ3v) is 5.61. The zero-order chi connectivity index (χ0) is 16.6. The molecule has 2 aromatic rings. The van der Waals surface area contributed by atoms with Crippen molar-refractivity contribution >= 4 is 16.0 Å². The summed E-state index contributed by atoms with van der Waals surface area (Å²) in [5.41, 5.74) is 2.09. The van der Waals surface area contributed by atoms with Crippen LogP contribution in [0.4, 0.5) is 0 Å². The van der Waals surface area contributed by atoms with Crippen LogP contribution in [0.15, 0.2) is 41.4 Å². The van der Waals surface area contributed by atoms with E-state index in [1.165, 1.54) is 23.9 Å². The molecule has 2 N–H and O–H groups in total. The zero-order valence-corrected chi connectivity index (χ0v) is 13.5. The van der Waals surface area contributed by atoms with Crippen LogP contribution in [0.5, 0.6) is 0 Å². The summed E-state index contributed by atoms with van der Waals surface area (Å²) in [4.78, 5) is 11.1. The molecule has 1 aliphatic carbocycles. The van der Waals surface area contributed by atoms with Gasteiger partial charge in [0.1, 0.15) is 10.6 Å². The van der Waals surface area contributed by atoms with Gasteiger partial charge in [-0.1, -0.05) is 24.3 Å². The Morgan fingerprint density at radius 3 is 2.78 bits per heavy atom. The molecule has 0 fully saturated rings. The minimum absolute atomic E-state index is 0.0274. The van der Waals surface area contributed by atoms with Gasteiger partial charge in [0.15, 0.2) is 0 Å². The molecule has 1 unspecified atom stereocenters. The number of fused-ring (bicyclic) bond motifs is 1. The molecule has 0 saturated carbocycles. The molecule has 1 heterocycles. The number of sulfonamides is 1. The Bertz CT molecular complexity index is 855. The molecule has 1 atom stereocenters. The maximum absolute atomic E-state index is 12.6. The molecular weight excluding hydrogens is 316 g/mol. The number of benzene rings is 1. The van der Waals surface area contributed by atoms with Crippen LogP contribution in [0.1, 0.15) is 40.5 Å². The van der Waals surface area contributed by atoms with E-state index < -0.39 is 16.0 Å². The summed E-state index contributed by atoms with van der Waals surface area (Å²) in [7, 11) is -2.26. The van der Waals surface area contributed by atoms with Crippen LogP contribution < -0.4 is 4.72 Å². The van der Waals surface area contributed by atoms with E-state index in [0.29, 0.717) is 0 Å². The van der Waals surface area contributed by atoms with Gasteiger partial charge in [-0.2, -0.15) is 0 Å². The molecule has 3 rings (SSSR count). The van der Waals surface area contributed by atoms with Crippen LogP contribution in [-0.2, 0) is 23.5 Å². The minimum Gasteiger partial charge on any atom is -0.477 e. The van der Waals surface area contributed by atoms with Crippen LogP contribution >= 0.6 is 0 Å². The summed E-state index contributed by atoms with van der Waals surface area (Å²) in [6.45, 7) is 0. The standard InChI is InChI=1S/C16H18N2O4S/c1-18-10-12(9-15(18)16(19)20)23(21,22)17-14-8-4-6-11-5-2-3-7-13(11)14/h2-3,5,7,9-10,14,17H,4,6,8H2,1H3,(H,19,20). The first kappa shape index (κ1) is 15.8. The van der Waals surface area contributed by atoms with Crippen molar-refractivity contribution in [3.63, 3.8) is 0 Å². The van der Waals surface area contributed by atoms with E-state index >= 15 is 0 Å². The zero-order valence-electron chi connectivity index (χ0n) is 12.7. The van der Waals surface area contributed by atoms with Gasteiger partial charge >= 0.3 is 5.97 Å². The first-order chi connectivity index (χ1) is 10.9. The maximum Gasteiger partial charge on any atom is 0.352 e. The van der Waals surface area contributed by atoms with Crippen molar-refractivity contribution in [3.05, 3.63) is 53.3 Å². The van der Waals surface area contributed by atoms with Crippen molar-refractivity contribution in [2.24, 2.45) is 7.05 Å². The highest BCUT2D eigenvalue weighted by atomic mass is 32.2. The highest BCUT2D eigenvalue weighted by Crippen LogP contribution is 2.31. The van der Waals surface area contributed by atoms with Crippen LogP contribution in [0.2, 0.25) is 0 Å². The van der Waals surface area contributed by atoms with Crippen LogP contribution in [0.3, 0.4) is 0 Å². The van der Waals surface area contributed by atoms with Gasteiger partial charge in [0, 0.05) is 19.3 Å². The molecule has 0 saturated heterocycles. The Hall–Kier alpha value is -2.12. The highest BCUT2D eigenvalue weighted by Gasteiger charge is 2.27. The van der Waals surface area contributed by atoms with Gasteiger partial charge < -0.3 is 9.67 Å². The average Bonchev–Trinajstić information content (AvgIpc) is 2.90. The number of hydrogen-bond acceptors (Lipinski definition) is 3. The molecular formula is C16H18N2O4S. The van der Waals surface area contributed by atoms with E-state index in [1.807, 2.05) is 24.3 Å². The van der Waals surface area contributed by atoms with Gasteiger partial charge in [0.05, 0.1) is 0 Å². The number of carboxylic acid groups (broad SMARTS) is 1. The lowest BCUT2D eigenvalue weighted by Gasteiger charge is -2.25. The fourth-order valence-corrected chi connectivity index (χ4v) is 4.34. The average molecular weight is 334 g/mol. The summed E-state index contributed by atoms with van der Waals surface area (Å²) in [6.07, 6.45) is 3.91. The normalized spacial score (nSPS) is 17.7. The Labute approximate surface area is 134 Å². The molecule has 0 aliphatic heterocycles. The molecule has 0 bridgehead atoms. The van der Waals surface area contributed by atoms with E-state index in [1.54, 1.807) is 0 Å². The number of aromatic nitrogens is 1. The predicted molar refractivity (Wildman–Crippen MR) is 84.8 cm³/mol. The summed E-state index contributed by atoms with van der Waals surface area (Å²) in [6, 6.07) is 8.71. The van der Waals surface area contributed by atoms with Crippen molar-refractivity contribution in [1.82, 2.24) is 9.29 Å². The van der Waals surface area contributed by atoms with Gasteiger partial charge in [-0.05, 0) is 36.5 Å². The summed E-state index contributed by atoms with van der Waals surface area (Å²) < 4.78 is 29.2. The number of aryl methyl sites for hydroxylation is 2. The Morgan fingerprint density at radius 1 is 1.35 bits per heavy atom. The number of rotatable bonds is 4. The Balaban J connectivity index is 1.91. The smallest absolute Gasteiger partial charge is 0.352 e. The number of hydrogen-bond donors (Lipinski definition) is 2. The van der Waals surface area contributed by atoms with Crippen molar-refractivity contribution in [2.45, 2.75) is 30.2 Å². The third kappa shape index (κ3) is 3.02. The van der Waals surface area contributed by atoms with Gasteiger partial charge in [0.2, 0.25) is 10.0 Å². The lowest BCUT2D eigenvalue weighted by Crippen LogP contribution is -2.30. The van der Waals surface area contributed by atoms with Crippen molar-refractivity contribution in [3.8, 4) is 0 Å². The number of nitrogens with zero attached hydrogens (tertiary/aromatic N) is 1. The second-order valence-corrected chi connectivity index (χ2v) is 7.46. The van der Waals surface area contributed by atoms with Gasteiger partial charge in [-0.25, -0.2) is 17.9 Å². The highest BCUT2D eigenvalue weighted by molar-refractivity contribution is 7.89. The van der Waals surface area contributed by atoms with Gasteiger partial charge in [-0.15, -0.1) is 0 Å². The molecule has 0 radical (unpaired) electrons. The fraction of sp³-hybridized carbons (Fsp3) is 0.312. The summed E-state index contributed by atoms with van der Waals surface area (Å²) in [5.74, 6) is -1.16.